The molecule has 1 amide bonds. The van der Waals surface area contributed by atoms with Crippen molar-refractivity contribution < 1.29 is 14.3 Å². The van der Waals surface area contributed by atoms with Crippen LogP contribution in [0, 0.1) is 0 Å². The monoisotopic (exact) mass is 410 g/mol. The van der Waals surface area contributed by atoms with Crippen LogP contribution in [0.5, 0.6) is 0 Å². The lowest BCUT2D eigenvalue weighted by Gasteiger charge is -2.19. The van der Waals surface area contributed by atoms with Crippen molar-refractivity contribution in [2.24, 2.45) is 0 Å². The Morgan fingerprint density at radius 1 is 1.21 bits per heavy atom. The number of benzene rings is 1. The van der Waals surface area contributed by atoms with Gasteiger partial charge in [-0.15, -0.1) is 11.3 Å². The van der Waals surface area contributed by atoms with E-state index in [1.165, 1.54) is 12.0 Å². The number of halogens is 1. The van der Waals surface area contributed by atoms with Gasteiger partial charge in [-0.25, -0.2) is 4.79 Å². The zero-order valence-electron chi connectivity index (χ0n) is 13.5. The number of nitrogens with zero attached hydrogens (tertiary/aromatic N) is 1. The minimum atomic E-state index is -0.396. The summed E-state index contributed by atoms with van der Waals surface area (Å²) in [6.45, 7) is 3.86. The lowest BCUT2D eigenvalue weighted by atomic mass is 10.2. The van der Waals surface area contributed by atoms with Crippen LogP contribution in [0.25, 0.3) is 0 Å². The van der Waals surface area contributed by atoms with Crippen LogP contribution in [-0.4, -0.2) is 37.0 Å². The largest absolute Gasteiger partial charge is 0.465 e. The smallest absolute Gasteiger partial charge is 0.337 e. The number of esters is 1. The molecule has 1 N–H and O–H groups in total. The fraction of sp³-hybridized carbons (Fsp3) is 0.294. The van der Waals surface area contributed by atoms with Crippen molar-refractivity contribution in [3.8, 4) is 0 Å². The van der Waals surface area contributed by atoms with E-state index < -0.39 is 5.97 Å². The van der Waals surface area contributed by atoms with Crippen molar-refractivity contribution in [1.29, 1.82) is 0 Å². The fourth-order valence-electron chi connectivity index (χ4n) is 2.15. The van der Waals surface area contributed by atoms with Crippen LogP contribution < -0.4 is 5.32 Å². The van der Waals surface area contributed by atoms with Crippen molar-refractivity contribution in [2.75, 3.05) is 25.5 Å². The summed E-state index contributed by atoms with van der Waals surface area (Å²) in [6.07, 6.45) is 0. The number of hydrogen-bond acceptors (Lipinski definition) is 5. The molecule has 0 spiro atoms. The molecule has 2 aromatic rings. The molecule has 1 aromatic carbocycles. The van der Waals surface area contributed by atoms with Gasteiger partial charge in [0.25, 0.3) is 0 Å². The van der Waals surface area contributed by atoms with E-state index in [0.717, 1.165) is 16.9 Å². The molecule has 128 valence electrons. The molecular formula is C17H19BrN2O3S. The highest BCUT2D eigenvalue weighted by Crippen LogP contribution is 2.23. The summed E-state index contributed by atoms with van der Waals surface area (Å²) in [6, 6.07) is 10.7. The maximum absolute atomic E-state index is 12.2. The second kappa shape index (κ2) is 8.96. The maximum Gasteiger partial charge on any atom is 0.337 e. The van der Waals surface area contributed by atoms with Gasteiger partial charge in [0.2, 0.25) is 5.91 Å². The molecule has 0 aliphatic rings. The summed E-state index contributed by atoms with van der Waals surface area (Å²) in [5.74, 6) is -0.481. The Morgan fingerprint density at radius 2 is 1.92 bits per heavy atom. The van der Waals surface area contributed by atoms with E-state index in [1.807, 2.05) is 13.0 Å². The predicted molar refractivity (Wildman–Crippen MR) is 99.4 cm³/mol. The second-order valence-electron chi connectivity index (χ2n) is 5.13. The van der Waals surface area contributed by atoms with Gasteiger partial charge in [0.15, 0.2) is 0 Å². The number of carbonyl (C=O) groups excluding carboxylic acids is 2. The highest BCUT2D eigenvalue weighted by molar-refractivity contribution is 9.11. The standard InChI is InChI=1S/C17H19BrN2O3S/c1-3-20(10-14-8-9-15(18)24-14)11-16(21)19-13-6-4-12(5-7-13)17(22)23-2/h4-9H,3,10-11H2,1-2H3,(H,19,21). The number of amides is 1. The average molecular weight is 411 g/mol. The zero-order chi connectivity index (χ0) is 17.5. The summed E-state index contributed by atoms with van der Waals surface area (Å²) in [5.41, 5.74) is 1.11. The summed E-state index contributed by atoms with van der Waals surface area (Å²) in [5, 5.41) is 2.84. The molecule has 0 radical (unpaired) electrons. The Morgan fingerprint density at radius 3 is 2.46 bits per heavy atom. The highest BCUT2D eigenvalue weighted by atomic mass is 79.9. The summed E-state index contributed by atoms with van der Waals surface area (Å²) in [7, 11) is 1.34. The van der Waals surface area contributed by atoms with Gasteiger partial charge in [0.05, 0.1) is 23.0 Å². The molecule has 1 aromatic heterocycles. The molecule has 2 rings (SSSR count). The molecule has 1 heterocycles. The van der Waals surface area contributed by atoms with Crippen LogP contribution >= 0.6 is 27.3 Å². The number of ether oxygens (including phenoxy) is 1. The van der Waals surface area contributed by atoms with Gasteiger partial charge in [-0.1, -0.05) is 6.92 Å². The summed E-state index contributed by atoms with van der Waals surface area (Å²) in [4.78, 5) is 26.9. The van der Waals surface area contributed by atoms with E-state index in [0.29, 0.717) is 17.8 Å². The van der Waals surface area contributed by atoms with Crippen LogP contribution in [0.2, 0.25) is 0 Å². The highest BCUT2D eigenvalue weighted by Gasteiger charge is 2.12. The molecule has 0 saturated heterocycles. The molecular weight excluding hydrogens is 392 g/mol. The normalized spacial score (nSPS) is 10.7. The SMILES string of the molecule is CCN(CC(=O)Nc1ccc(C(=O)OC)cc1)Cc1ccc(Br)s1. The Labute approximate surface area is 153 Å². The Bertz CT molecular complexity index is 700. The molecule has 0 saturated carbocycles. The van der Waals surface area contributed by atoms with Gasteiger partial charge in [0, 0.05) is 17.1 Å². The first kappa shape index (κ1) is 18.6. The third-order valence-electron chi connectivity index (χ3n) is 3.41. The van der Waals surface area contributed by atoms with Crippen LogP contribution in [0.3, 0.4) is 0 Å². The second-order valence-corrected chi connectivity index (χ2v) is 7.67. The first-order valence-electron chi connectivity index (χ1n) is 7.46. The number of methoxy groups -OCH3 is 1. The first-order valence-corrected chi connectivity index (χ1v) is 9.07. The molecule has 0 atom stereocenters. The lowest BCUT2D eigenvalue weighted by Crippen LogP contribution is -2.32. The van der Waals surface area contributed by atoms with Crippen molar-refractivity contribution in [1.82, 2.24) is 4.90 Å². The minimum absolute atomic E-state index is 0.0849. The van der Waals surface area contributed by atoms with E-state index >= 15 is 0 Å². The van der Waals surface area contributed by atoms with Crippen molar-refractivity contribution in [3.05, 3.63) is 50.6 Å². The topological polar surface area (TPSA) is 58.6 Å². The Hall–Kier alpha value is -1.70. The van der Waals surface area contributed by atoms with Gasteiger partial charge in [-0.3, -0.25) is 9.69 Å². The molecule has 0 fully saturated rings. The van der Waals surface area contributed by atoms with Gasteiger partial charge >= 0.3 is 5.97 Å². The number of hydrogen-bond donors (Lipinski definition) is 1. The maximum atomic E-state index is 12.2. The number of likely N-dealkylation sites (N-methyl/N-ethyl adjacent to an activating group) is 1. The summed E-state index contributed by atoms with van der Waals surface area (Å²) >= 11 is 5.12. The Kier molecular flexibility index (Phi) is 6.96. The zero-order valence-corrected chi connectivity index (χ0v) is 15.9. The average Bonchev–Trinajstić information content (AvgIpc) is 2.99. The number of thiophene rings is 1. The number of rotatable bonds is 7. The molecule has 0 unspecified atom stereocenters. The summed E-state index contributed by atoms with van der Waals surface area (Å²) < 4.78 is 5.73. The predicted octanol–water partition coefficient (Wildman–Crippen LogP) is 3.76. The van der Waals surface area contributed by atoms with E-state index in [-0.39, 0.29) is 5.91 Å². The van der Waals surface area contributed by atoms with E-state index in [9.17, 15) is 9.59 Å². The molecule has 0 aliphatic heterocycles. The Balaban J connectivity index is 1.90. The van der Waals surface area contributed by atoms with Crippen LogP contribution in [0.15, 0.2) is 40.2 Å². The van der Waals surface area contributed by atoms with Crippen molar-refractivity contribution in [3.63, 3.8) is 0 Å². The van der Waals surface area contributed by atoms with Crippen molar-refractivity contribution in [2.45, 2.75) is 13.5 Å². The van der Waals surface area contributed by atoms with Crippen LogP contribution in [0.4, 0.5) is 5.69 Å². The third-order valence-corrected chi connectivity index (χ3v) is 5.02. The number of nitrogens with one attached hydrogen (secondary N) is 1. The van der Waals surface area contributed by atoms with E-state index in [4.69, 9.17) is 0 Å². The van der Waals surface area contributed by atoms with Gasteiger partial charge in [-0.05, 0) is 58.9 Å². The molecule has 0 bridgehead atoms. The number of anilines is 1. The first-order chi connectivity index (χ1) is 11.5. The van der Waals surface area contributed by atoms with E-state index in [2.05, 4.69) is 36.9 Å². The minimum Gasteiger partial charge on any atom is -0.465 e. The van der Waals surface area contributed by atoms with Gasteiger partial charge in [-0.2, -0.15) is 0 Å². The number of carbonyl (C=O) groups is 2. The van der Waals surface area contributed by atoms with Crippen LogP contribution in [-0.2, 0) is 16.1 Å². The third kappa shape index (κ3) is 5.43. The lowest BCUT2D eigenvalue weighted by molar-refractivity contribution is -0.117. The molecule has 7 heteroatoms. The van der Waals surface area contributed by atoms with Crippen LogP contribution in [0.1, 0.15) is 22.2 Å². The molecule has 5 nitrogen and oxygen atoms in total. The van der Waals surface area contributed by atoms with Gasteiger partial charge < -0.3 is 10.1 Å². The molecule has 24 heavy (non-hydrogen) atoms. The van der Waals surface area contributed by atoms with Gasteiger partial charge in [0.1, 0.15) is 0 Å². The quantitative estimate of drug-likeness (QED) is 0.705. The van der Waals surface area contributed by atoms with Crippen molar-refractivity contribution >= 4 is 44.8 Å². The van der Waals surface area contributed by atoms with E-state index in [1.54, 1.807) is 35.6 Å². The fourth-order valence-corrected chi connectivity index (χ4v) is 3.67. The molecule has 0 aliphatic carbocycles.